The summed E-state index contributed by atoms with van der Waals surface area (Å²) < 4.78 is 0. The Bertz CT molecular complexity index is 439. The molecule has 0 aliphatic heterocycles. The zero-order chi connectivity index (χ0) is 12.0. The maximum atomic E-state index is 11.6. The summed E-state index contributed by atoms with van der Waals surface area (Å²) in [5, 5.41) is 0. The van der Waals surface area contributed by atoms with Crippen LogP contribution < -0.4 is 0 Å². The molecule has 0 aliphatic rings. The standard InChI is InChI=1S/C14H14O2/c1-3-11(2)13(15)9-10-14(16)12-7-5-4-6-8-12/h3-10H,1-2H3/b10-9+,11-3?. The molecule has 0 aromatic heterocycles. The van der Waals surface area contributed by atoms with Crippen LogP contribution in [0.4, 0.5) is 0 Å². The summed E-state index contributed by atoms with van der Waals surface area (Å²) >= 11 is 0. The maximum absolute atomic E-state index is 11.6. The predicted molar refractivity (Wildman–Crippen MR) is 64.4 cm³/mol. The first kappa shape index (κ1) is 12.1. The van der Waals surface area contributed by atoms with Crippen molar-refractivity contribution in [2.45, 2.75) is 13.8 Å². The van der Waals surface area contributed by atoms with Crippen LogP contribution in [0.1, 0.15) is 24.2 Å². The van der Waals surface area contributed by atoms with Crippen LogP contribution in [0.5, 0.6) is 0 Å². The molecule has 16 heavy (non-hydrogen) atoms. The quantitative estimate of drug-likeness (QED) is 0.570. The lowest BCUT2D eigenvalue weighted by Gasteiger charge is -1.94. The van der Waals surface area contributed by atoms with E-state index in [2.05, 4.69) is 0 Å². The Morgan fingerprint density at radius 3 is 2.25 bits per heavy atom. The minimum absolute atomic E-state index is 0.133. The summed E-state index contributed by atoms with van der Waals surface area (Å²) in [6.45, 7) is 3.51. The van der Waals surface area contributed by atoms with E-state index in [9.17, 15) is 9.59 Å². The highest BCUT2D eigenvalue weighted by Gasteiger charge is 2.02. The highest BCUT2D eigenvalue weighted by atomic mass is 16.1. The molecule has 0 radical (unpaired) electrons. The van der Waals surface area contributed by atoms with Crippen LogP contribution in [-0.2, 0) is 4.79 Å². The molecule has 0 saturated heterocycles. The fraction of sp³-hybridized carbons (Fsp3) is 0.143. The van der Waals surface area contributed by atoms with E-state index < -0.39 is 0 Å². The summed E-state index contributed by atoms with van der Waals surface area (Å²) in [6, 6.07) is 8.87. The number of rotatable bonds is 4. The van der Waals surface area contributed by atoms with Crippen LogP contribution in [-0.4, -0.2) is 11.6 Å². The van der Waals surface area contributed by atoms with Gasteiger partial charge in [0.05, 0.1) is 0 Å². The Morgan fingerprint density at radius 1 is 1.06 bits per heavy atom. The van der Waals surface area contributed by atoms with E-state index in [0.717, 1.165) is 0 Å². The van der Waals surface area contributed by atoms with Crippen LogP contribution in [0.2, 0.25) is 0 Å². The maximum Gasteiger partial charge on any atom is 0.185 e. The van der Waals surface area contributed by atoms with E-state index in [4.69, 9.17) is 0 Å². The van der Waals surface area contributed by atoms with Gasteiger partial charge in [0, 0.05) is 5.56 Å². The SMILES string of the molecule is CC=C(C)C(=O)/C=C/C(=O)c1ccccc1. The first-order valence-corrected chi connectivity index (χ1v) is 5.10. The number of ketones is 2. The van der Waals surface area contributed by atoms with Crippen molar-refractivity contribution in [3.05, 3.63) is 59.7 Å². The van der Waals surface area contributed by atoms with Crippen LogP contribution in [0, 0.1) is 0 Å². The van der Waals surface area contributed by atoms with E-state index in [1.807, 2.05) is 6.07 Å². The topological polar surface area (TPSA) is 34.1 Å². The highest BCUT2D eigenvalue weighted by Crippen LogP contribution is 2.02. The Kier molecular flexibility index (Phi) is 4.40. The van der Waals surface area contributed by atoms with Crippen molar-refractivity contribution in [2.75, 3.05) is 0 Å². The molecule has 0 bridgehead atoms. The van der Waals surface area contributed by atoms with E-state index >= 15 is 0 Å². The molecule has 0 unspecified atom stereocenters. The summed E-state index contributed by atoms with van der Waals surface area (Å²) in [5.74, 6) is -0.287. The van der Waals surface area contributed by atoms with E-state index in [0.29, 0.717) is 11.1 Å². The van der Waals surface area contributed by atoms with Gasteiger partial charge in [-0.2, -0.15) is 0 Å². The largest absolute Gasteiger partial charge is 0.290 e. The zero-order valence-corrected chi connectivity index (χ0v) is 9.44. The van der Waals surface area contributed by atoms with Gasteiger partial charge in [0.15, 0.2) is 11.6 Å². The van der Waals surface area contributed by atoms with Crippen molar-refractivity contribution >= 4 is 11.6 Å². The van der Waals surface area contributed by atoms with E-state index in [1.165, 1.54) is 12.2 Å². The number of carbonyl (C=O) groups excluding carboxylic acids is 2. The van der Waals surface area contributed by atoms with Gasteiger partial charge in [0.1, 0.15) is 0 Å². The molecule has 1 aromatic rings. The van der Waals surface area contributed by atoms with Crippen molar-refractivity contribution in [1.82, 2.24) is 0 Å². The molecule has 0 fully saturated rings. The predicted octanol–water partition coefficient (Wildman–Crippen LogP) is 2.96. The lowest BCUT2D eigenvalue weighted by atomic mass is 10.1. The number of allylic oxidation sites excluding steroid dienone is 4. The van der Waals surface area contributed by atoms with Gasteiger partial charge < -0.3 is 0 Å². The first-order chi connectivity index (χ1) is 7.65. The molecule has 82 valence electrons. The molecular formula is C14H14O2. The van der Waals surface area contributed by atoms with Gasteiger partial charge in [0.25, 0.3) is 0 Å². The number of carbonyl (C=O) groups is 2. The molecule has 0 saturated carbocycles. The van der Waals surface area contributed by atoms with Gasteiger partial charge >= 0.3 is 0 Å². The van der Waals surface area contributed by atoms with Crippen LogP contribution in [0.3, 0.4) is 0 Å². The molecule has 1 aromatic carbocycles. The first-order valence-electron chi connectivity index (χ1n) is 5.10. The lowest BCUT2D eigenvalue weighted by Crippen LogP contribution is -1.98. The Balaban J connectivity index is 2.73. The van der Waals surface area contributed by atoms with Gasteiger partial charge in [-0.25, -0.2) is 0 Å². The second kappa shape index (κ2) is 5.81. The summed E-state index contributed by atoms with van der Waals surface area (Å²) in [6.07, 6.45) is 4.34. The number of benzene rings is 1. The summed E-state index contributed by atoms with van der Waals surface area (Å²) in [7, 11) is 0. The molecule has 0 atom stereocenters. The third-order valence-corrected chi connectivity index (χ3v) is 2.27. The molecule has 2 nitrogen and oxygen atoms in total. The lowest BCUT2D eigenvalue weighted by molar-refractivity contribution is -0.111. The smallest absolute Gasteiger partial charge is 0.185 e. The van der Waals surface area contributed by atoms with E-state index in [1.54, 1.807) is 44.2 Å². The van der Waals surface area contributed by atoms with Crippen molar-refractivity contribution in [3.8, 4) is 0 Å². The molecule has 0 amide bonds. The monoisotopic (exact) mass is 214 g/mol. The van der Waals surface area contributed by atoms with E-state index in [-0.39, 0.29) is 11.6 Å². The molecule has 0 heterocycles. The van der Waals surface area contributed by atoms with Crippen LogP contribution in [0.15, 0.2) is 54.1 Å². The molecule has 0 spiro atoms. The second-order valence-corrected chi connectivity index (χ2v) is 3.40. The molecule has 0 N–H and O–H groups in total. The summed E-state index contributed by atoms with van der Waals surface area (Å²) in [5.41, 5.74) is 1.22. The second-order valence-electron chi connectivity index (χ2n) is 3.40. The van der Waals surface area contributed by atoms with Crippen molar-refractivity contribution < 1.29 is 9.59 Å². The van der Waals surface area contributed by atoms with Crippen molar-refractivity contribution in [2.24, 2.45) is 0 Å². The molecule has 0 aliphatic carbocycles. The van der Waals surface area contributed by atoms with Gasteiger partial charge in [0.2, 0.25) is 0 Å². The number of hydrogen-bond donors (Lipinski definition) is 0. The molecule has 1 rings (SSSR count). The van der Waals surface area contributed by atoms with Crippen LogP contribution >= 0.6 is 0 Å². The normalized spacial score (nSPS) is 11.8. The Labute approximate surface area is 95.3 Å². The minimum atomic E-state index is -0.155. The van der Waals surface area contributed by atoms with Crippen molar-refractivity contribution in [3.63, 3.8) is 0 Å². The Hall–Kier alpha value is -1.96. The van der Waals surface area contributed by atoms with Gasteiger partial charge in [-0.15, -0.1) is 0 Å². The third kappa shape index (κ3) is 3.31. The van der Waals surface area contributed by atoms with Crippen molar-refractivity contribution in [1.29, 1.82) is 0 Å². The fourth-order valence-corrected chi connectivity index (χ4v) is 1.12. The molecular weight excluding hydrogens is 200 g/mol. The molecule has 2 heteroatoms. The minimum Gasteiger partial charge on any atom is -0.290 e. The average Bonchev–Trinajstić information content (AvgIpc) is 2.35. The van der Waals surface area contributed by atoms with Crippen LogP contribution in [0.25, 0.3) is 0 Å². The Morgan fingerprint density at radius 2 is 1.69 bits per heavy atom. The zero-order valence-electron chi connectivity index (χ0n) is 9.44. The van der Waals surface area contributed by atoms with Gasteiger partial charge in [-0.1, -0.05) is 36.4 Å². The summed E-state index contributed by atoms with van der Waals surface area (Å²) in [4.78, 5) is 23.0. The third-order valence-electron chi connectivity index (χ3n) is 2.27. The van der Waals surface area contributed by atoms with Gasteiger partial charge in [-0.3, -0.25) is 9.59 Å². The average molecular weight is 214 g/mol. The highest BCUT2D eigenvalue weighted by molar-refractivity contribution is 6.11. The van der Waals surface area contributed by atoms with Gasteiger partial charge in [-0.05, 0) is 31.6 Å². The number of hydrogen-bond acceptors (Lipinski definition) is 2. The fourth-order valence-electron chi connectivity index (χ4n) is 1.12.